The maximum atomic E-state index is 12.7. The Morgan fingerprint density at radius 2 is 1.97 bits per heavy atom. The summed E-state index contributed by atoms with van der Waals surface area (Å²) in [6.45, 7) is 4.98. The number of amides is 2. The Morgan fingerprint density at radius 3 is 2.60 bits per heavy atom. The number of hydrogen-bond donors (Lipinski definition) is 3. The van der Waals surface area contributed by atoms with Gasteiger partial charge in [-0.05, 0) is 25.8 Å². The Balaban J connectivity index is 1.33. The first kappa shape index (κ1) is 20.4. The average Bonchev–Trinajstić information content (AvgIpc) is 3.50. The predicted octanol–water partition coefficient (Wildman–Crippen LogP) is 2.94. The highest BCUT2D eigenvalue weighted by Crippen LogP contribution is 2.41. The van der Waals surface area contributed by atoms with Crippen LogP contribution >= 0.6 is 0 Å². The average molecular weight is 411 g/mol. The minimum absolute atomic E-state index is 0.0185. The SMILES string of the molecule is CC(C)NC1=C(C=N)OC2(CCN(C(=O)NC3CC3c3ccccc3)CC2)CC1=O. The molecular formula is C23H30N4O3. The smallest absolute Gasteiger partial charge is 0.317 e. The Labute approximate surface area is 177 Å². The quantitative estimate of drug-likeness (QED) is 0.651. The van der Waals surface area contributed by atoms with Gasteiger partial charge in [-0.1, -0.05) is 30.3 Å². The van der Waals surface area contributed by atoms with Crippen molar-refractivity contribution in [3.05, 3.63) is 47.4 Å². The summed E-state index contributed by atoms with van der Waals surface area (Å²) in [5.41, 5.74) is 1.05. The third kappa shape index (κ3) is 4.20. The zero-order chi connectivity index (χ0) is 21.3. The van der Waals surface area contributed by atoms with Gasteiger partial charge in [0.15, 0.2) is 11.5 Å². The number of piperidine rings is 1. The number of nitrogens with zero attached hydrogens (tertiary/aromatic N) is 1. The first-order chi connectivity index (χ1) is 14.4. The van der Waals surface area contributed by atoms with Crippen LogP contribution < -0.4 is 10.6 Å². The van der Waals surface area contributed by atoms with E-state index in [-0.39, 0.29) is 30.3 Å². The second-order valence-electron chi connectivity index (χ2n) is 8.86. The van der Waals surface area contributed by atoms with Gasteiger partial charge in [-0.2, -0.15) is 0 Å². The summed E-state index contributed by atoms with van der Waals surface area (Å²) in [5, 5.41) is 13.9. The largest absolute Gasteiger partial charge is 0.483 e. The molecule has 2 amide bonds. The highest BCUT2D eigenvalue weighted by molar-refractivity contribution is 6.01. The van der Waals surface area contributed by atoms with Crippen molar-refractivity contribution in [3.8, 4) is 0 Å². The molecule has 2 aliphatic heterocycles. The number of hydrogen-bond acceptors (Lipinski definition) is 5. The molecule has 1 saturated heterocycles. The molecule has 7 nitrogen and oxygen atoms in total. The summed E-state index contributed by atoms with van der Waals surface area (Å²) < 4.78 is 6.14. The van der Waals surface area contributed by atoms with Crippen LogP contribution in [0.1, 0.15) is 51.0 Å². The Morgan fingerprint density at radius 1 is 1.27 bits per heavy atom. The topological polar surface area (TPSA) is 94.5 Å². The number of likely N-dealkylation sites (tertiary alicyclic amines) is 1. The van der Waals surface area contributed by atoms with Crippen molar-refractivity contribution in [2.24, 2.45) is 0 Å². The van der Waals surface area contributed by atoms with Crippen LogP contribution in [0.25, 0.3) is 0 Å². The monoisotopic (exact) mass is 410 g/mol. The molecule has 0 radical (unpaired) electrons. The lowest BCUT2D eigenvalue weighted by Crippen LogP contribution is -2.53. The molecule has 2 heterocycles. The fourth-order valence-electron chi connectivity index (χ4n) is 4.45. The molecule has 160 valence electrons. The van der Waals surface area contributed by atoms with Gasteiger partial charge >= 0.3 is 6.03 Å². The molecule has 4 rings (SSSR count). The van der Waals surface area contributed by atoms with Crippen molar-refractivity contribution < 1.29 is 14.3 Å². The summed E-state index contributed by atoms with van der Waals surface area (Å²) in [7, 11) is 0. The Kier molecular flexibility index (Phi) is 5.54. The predicted molar refractivity (Wildman–Crippen MR) is 114 cm³/mol. The van der Waals surface area contributed by atoms with Crippen molar-refractivity contribution in [3.63, 3.8) is 0 Å². The van der Waals surface area contributed by atoms with Gasteiger partial charge in [-0.3, -0.25) is 4.79 Å². The van der Waals surface area contributed by atoms with E-state index < -0.39 is 5.60 Å². The number of urea groups is 1. The van der Waals surface area contributed by atoms with Gasteiger partial charge in [0.1, 0.15) is 11.3 Å². The maximum Gasteiger partial charge on any atom is 0.317 e. The molecule has 1 aromatic carbocycles. The molecule has 2 fully saturated rings. The molecule has 1 aliphatic carbocycles. The van der Waals surface area contributed by atoms with Crippen LogP contribution in [0.5, 0.6) is 0 Å². The molecule has 30 heavy (non-hydrogen) atoms. The van der Waals surface area contributed by atoms with E-state index in [9.17, 15) is 9.59 Å². The highest BCUT2D eigenvalue weighted by atomic mass is 16.5. The molecule has 3 N–H and O–H groups in total. The van der Waals surface area contributed by atoms with Crippen LogP contribution in [0, 0.1) is 5.41 Å². The molecule has 3 aliphatic rings. The third-order valence-corrected chi connectivity index (χ3v) is 6.19. The van der Waals surface area contributed by atoms with Gasteiger partial charge in [-0.15, -0.1) is 0 Å². The number of Topliss-reactive ketones (excluding diaryl/α,β-unsaturated/α-hetero) is 1. The van der Waals surface area contributed by atoms with E-state index in [0.29, 0.717) is 43.3 Å². The van der Waals surface area contributed by atoms with E-state index >= 15 is 0 Å². The lowest BCUT2D eigenvalue weighted by molar-refractivity contribution is -0.128. The number of nitrogens with one attached hydrogen (secondary N) is 3. The first-order valence-electron chi connectivity index (χ1n) is 10.7. The molecule has 0 bridgehead atoms. The zero-order valence-corrected chi connectivity index (χ0v) is 17.6. The summed E-state index contributed by atoms with van der Waals surface area (Å²) in [4.78, 5) is 27.2. The van der Waals surface area contributed by atoms with Crippen LogP contribution in [0.3, 0.4) is 0 Å². The molecule has 0 aromatic heterocycles. The summed E-state index contributed by atoms with van der Waals surface area (Å²) in [6, 6.07) is 10.5. The highest BCUT2D eigenvalue weighted by Gasteiger charge is 2.45. The van der Waals surface area contributed by atoms with E-state index in [1.807, 2.05) is 36.9 Å². The van der Waals surface area contributed by atoms with Crippen molar-refractivity contribution in [2.75, 3.05) is 13.1 Å². The molecule has 2 unspecified atom stereocenters. The Hall–Kier alpha value is -2.83. The minimum atomic E-state index is -0.616. The lowest BCUT2D eigenvalue weighted by atomic mass is 9.83. The van der Waals surface area contributed by atoms with E-state index in [1.165, 1.54) is 5.56 Å². The number of ether oxygens (including phenoxy) is 1. The third-order valence-electron chi connectivity index (χ3n) is 6.19. The summed E-state index contributed by atoms with van der Waals surface area (Å²) in [6.07, 6.45) is 3.55. The molecule has 1 aromatic rings. The van der Waals surface area contributed by atoms with Crippen LogP contribution in [0.2, 0.25) is 0 Å². The van der Waals surface area contributed by atoms with Crippen molar-refractivity contribution in [2.45, 2.75) is 63.1 Å². The van der Waals surface area contributed by atoms with E-state index in [0.717, 1.165) is 12.6 Å². The van der Waals surface area contributed by atoms with Crippen molar-refractivity contribution >= 4 is 18.0 Å². The van der Waals surface area contributed by atoms with Gasteiger partial charge < -0.3 is 25.7 Å². The number of ketones is 1. The zero-order valence-electron chi connectivity index (χ0n) is 17.6. The first-order valence-corrected chi connectivity index (χ1v) is 10.7. The summed E-state index contributed by atoms with van der Waals surface area (Å²) in [5.74, 6) is 0.689. The van der Waals surface area contributed by atoms with Crippen molar-refractivity contribution in [1.29, 1.82) is 5.41 Å². The second kappa shape index (κ2) is 8.13. The number of carbonyl (C=O) groups excluding carboxylic acids is 2. The van der Waals surface area contributed by atoms with E-state index in [1.54, 1.807) is 0 Å². The van der Waals surface area contributed by atoms with Crippen molar-refractivity contribution in [1.82, 2.24) is 15.5 Å². The molecule has 1 spiro atoms. The number of benzene rings is 1. The van der Waals surface area contributed by atoms with Gasteiger partial charge in [-0.25, -0.2) is 4.79 Å². The lowest BCUT2D eigenvalue weighted by Gasteiger charge is -2.44. The standard InChI is InChI=1S/C23H30N4O3/c1-15(2)25-21-19(28)13-23(30-20(21)14-24)8-10-27(11-9-23)22(29)26-18-12-17(18)16-6-4-3-5-7-16/h3-7,14-15,17-18,24-25H,8-13H2,1-2H3,(H,26,29). The van der Waals surface area contributed by atoms with Gasteiger partial charge in [0.25, 0.3) is 0 Å². The van der Waals surface area contributed by atoms with Crippen LogP contribution in [-0.4, -0.2) is 53.7 Å². The van der Waals surface area contributed by atoms with Crippen LogP contribution in [0.4, 0.5) is 4.79 Å². The van der Waals surface area contributed by atoms with Gasteiger partial charge in [0.05, 0.1) is 12.6 Å². The molecule has 1 saturated carbocycles. The number of rotatable bonds is 5. The van der Waals surface area contributed by atoms with Gasteiger partial charge in [0, 0.05) is 43.9 Å². The van der Waals surface area contributed by atoms with Crippen LogP contribution in [0.15, 0.2) is 41.8 Å². The number of carbonyl (C=O) groups is 2. The Bertz CT molecular complexity index is 856. The number of allylic oxidation sites excluding steroid dienone is 2. The van der Waals surface area contributed by atoms with Crippen LogP contribution in [-0.2, 0) is 9.53 Å². The summed E-state index contributed by atoms with van der Waals surface area (Å²) >= 11 is 0. The van der Waals surface area contributed by atoms with E-state index in [4.69, 9.17) is 10.1 Å². The molecular weight excluding hydrogens is 380 g/mol. The molecule has 2 atom stereocenters. The minimum Gasteiger partial charge on any atom is -0.483 e. The maximum absolute atomic E-state index is 12.7. The van der Waals surface area contributed by atoms with E-state index in [2.05, 4.69) is 22.8 Å². The normalized spacial score (nSPS) is 25.2. The fraction of sp³-hybridized carbons (Fsp3) is 0.522. The fourth-order valence-corrected chi connectivity index (χ4v) is 4.45. The second-order valence-corrected chi connectivity index (χ2v) is 8.86. The molecule has 7 heteroatoms. The van der Waals surface area contributed by atoms with Gasteiger partial charge in [0.2, 0.25) is 0 Å².